The van der Waals surface area contributed by atoms with E-state index in [1.807, 2.05) is 0 Å². The molecule has 0 aliphatic rings. The van der Waals surface area contributed by atoms with Crippen molar-refractivity contribution in [1.82, 2.24) is 9.78 Å². The van der Waals surface area contributed by atoms with Crippen molar-refractivity contribution in [2.75, 3.05) is 11.9 Å². The van der Waals surface area contributed by atoms with E-state index >= 15 is 0 Å². The van der Waals surface area contributed by atoms with E-state index in [0.29, 0.717) is 23.2 Å². The first-order chi connectivity index (χ1) is 8.56. The third-order valence-electron chi connectivity index (χ3n) is 2.50. The highest BCUT2D eigenvalue weighted by Crippen LogP contribution is 2.15. The van der Waals surface area contributed by atoms with Crippen LogP contribution in [0, 0.1) is 18.3 Å². The predicted octanol–water partition coefficient (Wildman–Crippen LogP) is 2.38. The van der Waals surface area contributed by atoms with Crippen LogP contribution in [-0.2, 0) is 6.54 Å². The van der Waals surface area contributed by atoms with Crippen LogP contribution in [0.25, 0.3) is 0 Å². The van der Waals surface area contributed by atoms with E-state index in [4.69, 9.17) is 18.0 Å². The molecule has 18 heavy (non-hydrogen) atoms. The fourth-order valence-corrected chi connectivity index (χ4v) is 1.74. The van der Waals surface area contributed by atoms with Crippen molar-refractivity contribution in [2.24, 2.45) is 5.92 Å². The van der Waals surface area contributed by atoms with Gasteiger partial charge in [0.05, 0.1) is 11.2 Å². The Kier molecular flexibility index (Phi) is 5.73. The molecule has 0 unspecified atom stereocenters. The lowest BCUT2D eigenvalue weighted by atomic mass is 10.1. The predicted molar refractivity (Wildman–Crippen MR) is 74.9 cm³/mol. The minimum Gasteiger partial charge on any atom is -0.379 e. The molecule has 0 saturated carbocycles. The van der Waals surface area contributed by atoms with Crippen LogP contribution in [0.5, 0.6) is 0 Å². The first-order valence-electron chi connectivity index (χ1n) is 5.99. The van der Waals surface area contributed by atoms with Crippen molar-refractivity contribution < 1.29 is 0 Å². The molecule has 1 heterocycles. The summed E-state index contributed by atoms with van der Waals surface area (Å²) in [4.78, 5) is 12.0. The second-order valence-electron chi connectivity index (χ2n) is 4.50. The number of aromatic nitrogens is 2. The minimum absolute atomic E-state index is 0.149. The van der Waals surface area contributed by atoms with Crippen molar-refractivity contribution in [1.29, 1.82) is 0 Å². The highest BCUT2D eigenvalue weighted by Gasteiger charge is 2.08. The topological polar surface area (TPSA) is 46.9 Å². The van der Waals surface area contributed by atoms with Crippen LogP contribution in [0.15, 0.2) is 11.0 Å². The number of hydrogen-bond acceptors (Lipinski definition) is 3. The Hall–Kier alpha value is -1.47. The minimum atomic E-state index is -0.273. The van der Waals surface area contributed by atoms with E-state index in [2.05, 4.69) is 30.2 Å². The van der Waals surface area contributed by atoms with Gasteiger partial charge in [-0.1, -0.05) is 31.4 Å². The number of hydrogen-bond donors (Lipinski definition) is 1. The molecule has 0 saturated heterocycles. The van der Waals surface area contributed by atoms with Gasteiger partial charge < -0.3 is 5.32 Å². The highest BCUT2D eigenvalue weighted by molar-refractivity contribution is 6.32. The van der Waals surface area contributed by atoms with Gasteiger partial charge in [-0.2, -0.15) is 5.10 Å². The van der Waals surface area contributed by atoms with Gasteiger partial charge >= 0.3 is 0 Å². The Bertz CT molecular complexity index is 488. The lowest BCUT2D eigenvalue weighted by Gasteiger charge is -2.10. The summed E-state index contributed by atoms with van der Waals surface area (Å²) < 4.78 is 1.22. The summed E-state index contributed by atoms with van der Waals surface area (Å²) in [5.74, 6) is 3.03. The highest BCUT2D eigenvalue weighted by atomic mass is 35.5. The smallest absolute Gasteiger partial charge is 0.292 e. The van der Waals surface area contributed by atoms with Gasteiger partial charge in [-0.05, 0) is 18.8 Å². The lowest BCUT2D eigenvalue weighted by Crippen LogP contribution is -2.26. The van der Waals surface area contributed by atoms with Crippen LogP contribution in [0.2, 0.25) is 5.02 Å². The maximum absolute atomic E-state index is 12.0. The quantitative estimate of drug-likeness (QED) is 0.636. The molecule has 0 spiro atoms. The monoisotopic (exact) mass is 267 g/mol. The second kappa shape index (κ2) is 7.07. The molecule has 0 atom stereocenters. The molecule has 0 aromatic carbocycles. The molecule has 1 rings (SSSR count). The molecule has 0 amide bonds. The van der Waals surface area contributed by atoms with Gasteiger partial charge in [-0.15, -0.1) is 6.42 Å². The number of nitrogens with zero attached hydrogens (tertiary/aromatic N) is 2. The Morgan fingerprint density at radius 3 is 2.94 bits per heavy atom. The number of anilines is 1. The van der Waals surface area contributed by atoms with E-state index in [-0.39, 0.29) is 12.1 Å². The van der Waals surface area contributed by atoms with Crippen LogP contribution in [-0.4, -0.2) is 16.3 Å². The molecular formula is C13H18ClN3O. The third-order valence-corrected chi connectivity index (χ3v) is 2.79. The van der Waals surface area contributed by atoms with Crippen molar-refractivity contribution in [3.05, 3.63) is 21.6 Å². The number of terminal acetylenes is 1. The molecule has 1 N–H and O–H groups in total. The summed E-state index contributed by atoms with van der Waals surface area (Å²) in [5, 5.41) is 7.27. The average molecular weight is 268 g/mol. The molecule has 0 fully saturated rings. The van der Waals surface area contributed by atoms with E-state index in [1.54, 1.807) is 0 Å². The van der Waals surface area contributed by atoms with Crippen molar-refractivity contribution in [3.63, 3.8) is 0 Å². The van der Waals surface area contributed by atoms with Crippen LogP contribution >= 0.6 is 11.6 Å². The van der Waals surface area contributed by atoms with Gasteiger partial charge in [0.1, 0.15) is 12.2 Å². The Morgan fingerprint density at radius 2 is 2.33 bits per heavy atom. The normalized spacial score (nSPS) is 10.4. The molecule has 0 aliphatic carbocycles. The van der Waals surface area contributed by atoms with Gasteiger partial charge in [-0.25, -0.2) is 4.68 Å². The Labute approximate surface area is 112 Å². The van der Waals surface area contributed by atoms with Crippen molar-refractivity contribution >= 4 is 17.3 Å². The van der Waals surface area contributed by atoms with Crippen molar-refractivity contribution in [2.45, 2.75) is 33.2 Å². The van der Waals surface area contributed by atoms with E-state index in [1.165, 1.54) is 10.9 Å². The maximum Gasteiger partial charge on any atom is 0.292 e. The Morgan fingerprint density at radius 1 is 1.61 bits per heavy atom. The third kappa shape index (κ3) is 4.08. The fourth-order valence-electron chi connectivity index (χ4n) is 1.55. The molecule has 0 bridgehead atoms. The SMILES string of the molecule is C#CCn1ncc(Cl)c(NCCCC(C)C)c1=O. The number of halogens is 1. The first kappa shape index (κ1) is 14.6. The van der Waals surface area contributed by atoms with E-state index in [9.17, 15) is 4.79 Å². The second-order valence-corrected chi connectivity index (χ2v) is 4.90. The Balaban J connectivity index is 2.73. The zero-order chi connectivity index (χ0) is 13.5. The average Bonchev–Trinajstić information content (AvgIpc) is 2.31. The van der Waals surface area contributed by atoms with Gasteiger partial charge in [-0.3, -0.25) is 4.79 Å². The van der Waals surface area contributed by atoms with E-state index < -0.39 is 0 Å². The van der Waals surface area contributed by atoms with Crippen LogP contribution in [0.1, 0.15) is 26.7 Å². The molecule has 1 aromatic heterocycles. The summed E-state index contributed by atoms with van der Waals surface area (Å²) in [7, 11) is 0. The van der Waals surface area contributed by atoms with Gasteiger partial charge in [0, 0.05) is 6.54 Å². The van der Waals surface area contributed by atoms with Crippen LogP contribution in [0.3, 0.4) is 0 Å². The summed E-state index contributed by atoms with van der Waals surface area (Å²) in [6, 6.07) is 0. The zero-order valence-electron chi connectivity index (χ0n) is 10.7. The van der Waals surface area contributed by atoms with Crippen molar-refractivity contribution in [3.8, 4) is 12.3 Å². The summed E-state index contributed by atoms with van der Waals surface area (Å²) >= 11 is 5.95. The molecule has 4 nitrogen and oxygen atoms in total. The van der Waals surface area contributed by atoms with Gasteiger partial charge in [0.15, 0.2) is 0 Å². The van der Waals surface area contributed by atoms with Crippen LogP contribution in [0.4, 0.5) is 5.69 Å². The largest absolute Gasteiger partial charge is 0.379 e. The lowest BCUT2D eigenvalue weighted by molar-refractivity contribution is 0.566. The van der Waals surface area contributed by atoms with E-state index in [0.717, 1.165) is 12.8 Å². The number of nitrogens with one attached hydrogen (secondary N) is 1. The molecule has 0 radical (unpaired) electrons. The molecule has 1 aromatic rings. The molecule has 5 heteroatoms. The standard InChI is InChI=1S/C13H18ClN3O/c1-4-8-17-13(18)12(11(14)9-16-17)15-7-5-6-10(2)3/h1,9-10,15H,5-8H2,2-3H3. The first-order valence-corrected chi connectivity index (χ1v) is 6.37. The van der Waals surface area contributed by atoms with Crippen LogP contribution < -0.4 is 10.9 Å². The summed E-state index contributed by atoms with van der Waals surface area (Å²) in [5.41, 5.74) is 0.107. The molecule has 98 valence electrons. The van der Waals surface area contributed by atoms with Gasteiger partial charge in [0.25, 0.3) is 5.56 Å². The summed E-state index contributed by atoms with van der Waals surface area (Å²) in [6.45, 7) is 5.20. The maximum atomic E-state index is 12.0. The summed E-state index contributed by atoms with van der Waals surface area (Å²) in [6.07, 6.45) is 8.70. The molecular weight excluding hydrogens is 250 g/mol. The fraction of sp³-hybridized carbons (Fsp3) is 0.538. The number of rotatable bonds is 6. The zero-order valence-corrected chi connectivity index (χ0v) is 11.5. The molecule has 0 aliphatic heterocycles. The van der Waals surface area contributed by atoms with Gasteiger partial charge in [0.2, 0.25) is 0 Å².